The third kappa shape index (κ3) is 3.24. The Hall–Kier alpha value is -0.660. The molecule has 1 saturated carbocycles. The molecule has 0 saturated heterocycles. The second kappa shape index (κ2) is 6.22. The van der Waals surface area contributed by atoms with Crippen LogP contribution in [0.2, 0.25) is 5.02 Å². The first-order valence-corrected chi connectivity index (χ1v) is 8.63. The van der Waals surface area contributed by atoms with Gasteiger partial charge in [0.1, 0.15) is 0 Å². The van der Waals surface area contributed by atoms with E-state index in [1.807, 2.05) is 18.2 Å². The van der Waals surface area contributed by atoms with E-state index in [-0.39, 0.29) is 0 Å². The minimum absolute atomic E-state index is 0.453. The van der Waals surface area contributed by atoms with Crippen molar-refractivity contribution in [2.75, 3.05) is 0 Å². The van der Waals surface area contributed by atoms with Gasteiger partial charge in [-0.05, 0) is 53.6 Å². The molecule has 0 bridgehead atoms. The van der Waals surface area contributed by atoms with Crippen LogP contribution in [0.15, 0.2) is 22.7 Å². The Labute approximate surface area is 142 Å². The number of rotatable bonds is 2. The normalized spacial score (nSPS) is 18.4. The van der Waals surface area contributed by atoms with E-state index in [9.17, 15) is 0 Å². The quantitative estimate of drug-likeness (QED) is 0.577. The third-order valence-electron chi connectivity index (χ3n) is 4.03. The van der Waals surface area contributed by atoms with E-state index in [0.717, 1.165) is 34.8 Å². The summed E-state index contributed by atoms with van der Waals surface area (Å²) < 4.78 is 6.40. The summed E-state index contributed by atoms with van der Waals surface area (Å²) in [6.45, 7) is 0. The molecule has 2 N–H and O–H groups in total. The fourth-order valence-electron chi connectivity index (χ4n) is 2.76. The lowest BCUT2D eigenvalue weighted by atomic mass is 9.91. The van der Waals surface area contributed by atoms with Crippen molar-refractivity contribution in [1.29, 1.82) is 0 Å². The van der Waals surface area contributed by atoms with Gasteiger partial charge in [-0.25, -0.2) is 0 Å². The molecule has 112 valence electrons. The van der Waals surface area contributed by atoms with Crippen LogP contribution in [0.4, 0.5) is 0 Å². The standard InChI is InChI=1S/C15H17ClIN3O/c16-11-9-10(5-6-12(11)17)13-19-14(20-21-13)15(18)7-3-1-2-4-8-15/h5-6,9H,1-4,7-8,18H2. The van der Waals surface area contributed by atoms with Gasteiger partial charge in [0.05, 0.1) is 10.6 Å². The lowest BCUT2D eigenvalue weighted by molar-refractivity contribution is 0.334. The van der Waals surface area contributed by atoms with Crippen molar-refractivity contribution in [3.05, 3.63) is 32.6 Å². The molecule has 0 spiro atoms. The summed E-state index contributed by atoms with van der Waals surface area (Å²) in [4.78, 5) is 4.52. The van der Waals surface area contributed by atoms with E-state index >= 15 is 0 Å². The molecule has 1 aliphatic rings. The van der Waals surface area contributed by atoms with Crippen molar-refractivity contribution < 1.29 is 4.52 Å². The van der Waals surface area contributed by atoms with Gasteiger partial charge in [-0.1, -0.05) is 42.4 Å². The van der Waals surface area contributed by atoms with Gasteiger partial charge in [-0.2, -0.15) is 4.98 Å². The molecule has 1 aliphatic carbocycles. The van der Waals surface area contributed by atoms with Gasteiger partial charge in [-0.15, -0.1) is 0 Å². The van der Waals surface area contributed by atoms with Gasteiger partial charge in [-0.3, -0.25) is 0 Å². The molecular formula is C15H17ClIN3O. The van der Waals surface area contributed by atoms with E-state index in [1.165, 1.54) is 12.8 Å². The summed E-state index contributed by atoms with van der Waals surface area (Å²) in [6.07, 6.45) is 6.54. The molecule has 0 aliphatic heterocycles. The van der Waals surface area contributed by atoms with E-state index in [0.29, 0.717) is 16.7 Å². The van der Waals surface area contributed by atoms with Crippen LogP contribution in [-0.2, 0) is 5.54 Å². The molecule has 1 aromatic carbocycles. The van der Waals surface area contributed by atoms with E-state index < -0.39 is 5.54 Å². The van der Waals surface area contributed by atoms with Crippen molar-refractivity contribution in [2.45, 2.75) is 44.1 Å². The average Bonchev–Trinajstić information content (AvgIpc) is 2.86. The van der Waals surface area contributed by atoms with E-state index in [1.54, 1.807) is 0 Å². The first-order valence-electron chi connectivity index (χ1n) is 7.17. The molecule has 1 heterocycles. The highest BCUT2D eigenvalue weighted by molar-refractivity contribution is 14.1. The monoisotopic (exact) mass is 417 g/mol. The summed E-state index contributed by atoms with van der Waals surface area (Å²) in [5.74, 6) is 1.10. The van der Waals surface area contributed by atoms with Crippen LogP contribution >= 0.6 is 34.2 Å². The predicted octanol–water partition coefficient (Wildman–Crippen LogP) is 4.50. The number of nitrogens with zero attached hydrogens (tertiary/aromatic N) is 2. The van der Waals surface area contributed by atoms with Crippen molar-refractivity contribution in [1.82, 2.24) is 10.1 Å². The molecule has 4 nitrogen and oxygen atoms in total. The smallest absolute Gasteiger partial charge is 0.258 e. The zero-order valence-corrected chi connectivity index (χ0v) is 14.5. The Kier molecular flexibility index (Phi) is 4.51. The predicted molar refractivity (Wildman–Crippen MR) is 91.0 cm³/mol. The number of hydrogen-bond donors (Lipinski definition) is 1. The third-order valence-corrected chi connectivity index (χ3v) is 5.61. The molecule has 6 heteroatoms. The lowest BCUT2D eigenvalue weighted by Gasteiger charge is -2.23. The Morgan fingerprint density at radius 2 is 1.90 bits per heavy atom. The summed E-state index contributed by atoms with van der Waals surface area (Å²) in [5, 5.41) is 4.81. The SMILES string of the molecule is NC1(c2noc(-c3ccc(I)c(Cl)c3)n2)CCCCCC1. The van der Waals surface area contributed by atoms with Crippen molar-refractivity contribution in [3.63, 3.8) is 0 Å². The Morgan fingerprint density at radius 3 is 2.57 bits per heavy atom. The summed E-state index contributed by atoms with van der Waals surface area (Å²) in [7, 11) is 0. The zero-order chi connectivity index (χ0) is 14.9. The largest absolute Gasteiger partial charge is 0.334 e. The molecule has 21 heavy (non-hydrogen) atoms. The van der Waals surface area contributed by atoms with Crippen LogP contribution in [0.5, 0.6) is 0 Å². The zero-order valence-electron chi connectivity index (χ0n) is 11.6. The maximum Gasteiger partial charge on any atom is 0.258 e. The van der Waals surface area contributed by atoms with Crippen LogP contribution in [0.3, 0.4) is 0 Å². The average molecular weight is 418 g/mol. The lowest BCUT2D eigenvalue weighted by Crippen LogP contribution is -2.37. The minimum Gasteiger partial charge on any atom is -0.334 e. The Morgan fingerprint density at radius 1 is 1.19 bits per heavy atom. The molecular weight excluding hydrogens is 401 g/mol. The molecule has 0 unspecified atom stereocenters. The van der Waals surface area contributed by atoms with Crippen LogP contribution in [0.25, 0.3) is 11.5 Å². The van der Waals surface area contributed by atoms with Crippen molar-refractivity contribution in [2.24, 2.45) is 5.73 Å². The molecule has 2 aromatic rings. The fourth-order valence-corrected chi connectivity index (χ4v) is 3.27. The van der Waals surface area contributed by atoms with Crippen LogP contribution in [0, 0.1) is 3.57 Å². The Balaban J connectivity index is 1.90. The number of nitrogens with two attached hydrogens (primary N) is 1. The van der Waals surface area contributed by atoms with Crippen LogP contribution in [0.1, 0.15) is 44.3 Å². The highest BCUT2D eigenvalue weighted by Gasteiger charge is 2.33. The Bertz CT molecular complexity index is 636. The number of aromatic nitrogens is 2. The van der Waals surface area contributed by atoms with Gasteiger partial charge < -0.3 is 10.3 Å². The fraction of sp³-hybridized carbons (Fsp3) is 0.467. The molecule has 0 atom stereocenters. The molecule has 0 amide bonds. The van der Waals surface area contributed by atoms with Gasteiger partial charge in [0.2, 0.25) is 0 Å². The van der Waals surface area contributed by atoms with E-state index in [2.05, 4.69) is 32.7 Å². The van der Waals surface area contributed by atoms with Crippen LogP contribution in [-0.4, -0.2) is 10.1 Å². The summed E-state index contributed by atoms with van der Waals surface area (Å²) >= 11 is 8.33. The van der Waals surface area contributed by atoms with Gasteiger partial charge in [0.25, 0.3) is 5.89 Å². The molecule has 3 rings (SSSR count). The number of halogens is 2. The number of hydrogen-bond acceptors (Lipinski definition) is 4. The highest BCUT2D eigenvalue weighted by Crippen LogP contribution is 2.33. The first-order chi connectivity index (χ1) is 10.1. The van der Waals surface area contributed by atoms with E-state index in [4.69, 9.17) is 21.9 Å². The van der Waals surface area contributed by atoms with Crippen LogP contribution < -0.4 is 5.73 Å². The maximum absolute atomic E-state index is 6.51. The second-order valence-electron chi connectivity index (χ2n) is 5.62. The molecule has 0 radical (unpaired) electrons. The second-order valence-corrected chi connectivity index (χ2v) is 7.19. The summed E-state index contributed by atoms with van der Waals surface area (Å²) in [6, 6.07) is 5.71. The summed E-state index contributed by atoms with van der Waals surface area (Å²) in [5.41, 5.74) is 6.89. The van der Waals surface area contributed by atoms with Gasteiger partial charge >= 0.3 is 0 Å². The number of benzene rings is 1. The molecule has 1 fully saturated rings. The minimum atomic E-state index is -0.453. The molecule has 1 aromatic heterocycles. The topological polar surface area (TPSA) is 64.9 Å². The van der Waals surface area contributed by atoms with Crippen molar-refractivity contribution >= 4 is 34.2 Å². The first kappa shape index (κ1) is 15.2. The van der Waals surface area contributed by atoms with Crippen molar-refractivity contribution in [3.8, 4) is 11.5 Å². The van der Waals surface area contributed by atoms with Gasteiger partial charge in [0.15, 0.2) is 5.82 Å². The maximum atomic E-state index is 6.51. The van der Waals surface area contributed by atoms with Gasteiger partial charge in [0, 0.05) is 9.13 Å². The highest BCUT2D eigenvalue weighted by atomic mass is 127.